The maximum atomic E-state index is 11.9. The highest BCUT2D eigenvalue weighted by Crippen LogP contribution is 2.38. The Morgan fingerprint density at radius 3 is 2.29 bits per heavy atom. The number of methoxy groups -OCH3 is 3. The van der Waals surface area contributed by atoms with Crippen molar-refractivity contribution >= 4 is 12.0 Å². The molecule has 2 rings (SSSR count). The lowest BCUT2D eigenvalue weighted by atomic mass is 10.1. The van der Waals surface area contributed by atoms with Crippen LogP contribution in [0.2, 0.25) is 0 Å². The van der Waals surface area contributed by atoms with Crippen LogP contribution in [-0.4, -0.2) is 27.2 Å². The molecular weight excluding hydrogens is 310 g/mol. The summed E-state index contributed by atoms with van der Waals surface area (Å²) < 4.78 is 21.2. The molecule has 6 nitrogen and oxygen atoms in total. The smallest absolute Gasteiger partial charge is 0.244 e. The molecule has 0 radical (unpaired) electrons. The molecule has 6 heteroatoms. The Hall–Kier alpha value is -2.89. The highest BCUT2D eigenvalue weighted by molar-refractivity contribution is 5.91. The van der Waals surface area contributed by atoms with Gasteiger partial charge in [-0.1, -0.05) is 0 Å². The first kappa shape index (κ1) is 17.5. The van der Waals surface area contributed by atoms with Gasteiger partial charge < -0.3 is 23.9 Å². The van der Waals surface area contributed by atoms with Crippen LogP contribution in [0.25, 0.3) is 6.08 Å². The van der Waals surface area contributed by atoms with Gasteiger partial charge in [0.25, 0.3) is 0 Å². The molecule has 0 aliphatic carbocycles. The highest BCUT2D eigenvalue weighted by Gasteiger charge is 2.13. The van der Waals surface area contributed by atoms with Crippen molar-refractivity contribution in [1.29, 1.82) is 0 Å². The third-order valence-electron chi connectivity index (χ3n) is 3.35. The first-order valence-electron chi connectivity index (χ1n) is 7.38. The maximum Gasteiger partial charge on any atom is 0.244 e. The number of carbonyl (C=O) groups is 1. The third-order valence-corrected chi connectivity index (χ3v) is 3.35. The van der Waals surface area contributed by atoms with E-state index in [9.17, 15) is 4.79 Å². The van der Waals surface area contributed by atoms with Crippen molar-refractivity contribution in [2.45, 2.75) is 13.5 Å². The van der Waals surface area contributed by atoms with Gasteiger partial charge in [-0.3, -0.25) is 4.79 Å². The lowest BCUT2D eigenvalue weighted by Crippen LogP contribution is -2.20. The number of furan rings is 1. The minimum Gasteiger partial charge on any atom is -0.493 e. The van der Waals surface area contributed by atoms with Gasteiger partial charge in [-0.15, -0.1) is 0 Å². The van der Waals surface area contributed by atoms with Gasteiger partial charge in [-0.2, -0.15) is 0 Å². The van der Waals surface area contributed by atoms with Crippen LogP contribution in [0.1, 0.15) is 17.1 Å². The van der Waals surface area contributed by atoms with E-state index in [0.717, 1.165) is 11.3 Å². The van der Waals surface area contributed by atoms with Gasteiger partial charge in [-0.05, 0) is 42.8 Å². The number of aryl methyl sites for hydroxylation is 1. The summed E-state index contributed by atoms with van der Waals surface area (Å²) >= 11 is 0. The van der Waals surface area contributed by atoms with Crippen LogP contribution < -0.4 is 19.5 Å². The predicted octanol–water partition coefficient (Wildman–Crippen LogP) is 2.94. The molecule has 0 aliphatic heterocycles. The van der Waals surface area contributed by atoms with Crippen LogP contribution in [0.4, 0.5) is 0 Å². The van der Waals surface area contributed by atoms with E-state index in [1.54, 1.807) is 45.6 Å². The number of ether oxygens (including phenoxy) is 3. The predicted molar refractivity (Wildman–Crippen MR) is 90.4 cm³/mol. The quantitative estimate of drug-likeness (QED) is 0.790. The zero-order valence-corrected chi connectivity index (χ0v) is 14.2. The van der Waals surface area contributed by atoms with E-state index in [0.29, 0.717) is 29.6 Å². The molecule has 24 heavy (non-hydrogen) atoms. The summed E-state index contributed by atoms with van der Waals surface area (Å²) in [5.41, 5.74) is 0.833. The molecule has 0 bridgehead atoms. The van der Waals surface area contributed by atoms with E-state index >= 15 is 0 Å². The summed E-state index contributed by atoms with van der Waals surface area (Å²) in [5, 5.41) is 2.80. The largest absolute Gasteiger partial charge is 0.493 e. The van der Waals surface area contributed by atoms with Crippen LogP contribution in [0, 0.1) is 6.92 Å². The molecule has 1 heterocycles. The Morgan fingerprint density at radius 1 is 1.12 bits per heavy atom. The second-order valence-electron chi connectivity index (χ2n) is 5.03. The van der Waals surface area contributed by atoms with Gasteiger partial charge in [0.05, 0.1) is 21.3 Å². The van der Waals surface area contributed by atoms with Crippen molar-refractivity contribution in [1.82, 2.24) is 5.32 Å². The number of hydrogen-bond donors (Lipinski definition) is 1. The Balaban J connectivity index is 2.03. The molecule has 0 saturated heterocycles. The van der Waals surface area contributed by atoms with Crippen LogP contribution in [0.5, 0.6) is 17.2 Å². The van der Waals surface area contributed by atoms with Crippen LogP contribution >= 0.6 is 0 Å². The Morgan fingerprint density at radius 2 is 1.79 bits per heavy atom. The van der Waals surface area contributed by atoms with Crippen molar-refractivity contribution in [3.63, 3.8) is 0 Å². The van der Waals surface area contributed by atoms with E-state index in [-0.39, 0.29) is 5.91 Å². The summed E-state index contributed by atoms with van der Waals surface area (Å²) in [6.45, 7) is 2.18. The average Bonchev–Trinajstić information content (AvgIpc) is 3.02. The van der Waals surface area contributed by atoms with Crippen LogP contribution in [0.15, 0.2) is 34.8 Å². The molecular formula is C18H21NO5. The Labute approximate surface area is 141 Å². The third kappa shape index (κ3) is 4.32. The van der Waals surface area contributed by atoms with E-state index in [1.165, 1.54) is 6.08 Å². The number of amides is 1. The summed E-state index contributed by atoms with van der Waals surface area (Å²) in [7, 11) is 4.64. The minimum atomic E-state index is -0.224. The summed E-state index contributed by atoms with van der Waals surface area (Å²) in [5.74, 6) is 2.81. The molecule has 128 valence electrons. The van der Waals surface area contributed by atoms with Crippen molar-refractivity contribution in [3.05, 3.63) is 47.4 Å². The monoisotopic (exact) mass is 331 g/mol. The molecule has 0 atom stereocenters. The standard InChI is InChI=1S/C18H21NO5/c1-12-5-6-14(24-12)7-8-17(20)19-11-13-9-15(21-2)18(23-4)16(10-13)22-3/h5-10H,11H2,1-4H3,(H,19,20)/b8-7+. The lowest BCUT2D eigenvalue weighted by molar-refractivity contribution is -0.116. The maximum absolute atomic E-state index is 11.9. The second kappa shape index (κ2) is 8.10. The molecule has 0 unspecified atom stereocenters. The van der Waals surface area contributed by atoms with Crippen molar-refractivity contribution in [2.75, 3.05) is 21.3 Å². The molecule has 0 saturated carbocycles. The van der Waals surface area contributed by atoms with Crippen molar-refractivity contribution in [3.8, 4) is 17.2 Å². The molecule has 1 amide bonds. The van der Waals surface area contributed by atoms with Gasteiger partial charge in [0, 0.05) is 12.6 Å². The zero-order valence-electron chi connectivity index (χ0n) is 14.2. The van der Waals surface area contributed by atoms with Crippen molar-refractivity contribution in [2.24, 2.45) is 0 Å². The van der Waals surface area contributed by atoms with Crippen LogP contribution in [0.3, 0.4) is 0 Å². The van der Waals surface area contributed by atoms with Crippen molar-refractivity contribution < 1.29 is 23.4 Å². The SMILES string of the molecule is COc1cc(CNC(=O)/C=C/c2ccc(C)o2)cc(OC)c1OC. The Kier molecular flexibility index (Phi) is 5.89. The first-order valence-corrected chi connectivity index (χ1v) is 7.38. The molecule has 1 aromatic carbocycles. The number of nitrogens with one attached hydrogen (secondary N) is 1. The molecule has 0 spiro atoms. The molecule has 1 aromatic heterocycles. The zero-order chi connectivity index (χ0) is 17.5. The van der Waals surface area contributed by atoms with Crippen LogP contribution in [-0.2, 0) is 11.3 Å². The number of hydrogen-bond acceptors (Lipinski definition) is 5. The highest BCUT2D eigenvalue weighted by atomic mass is 16.5. The van der Waals surface area contributed by atoms with Gasteiger partial charge in [0.1, 0.15) is 11.5 Å². The minimum absolute atomic E-state index is 0.224. The lowest BCUT2D eigenvalue weighted by Gasteiger charge is -2.14. The fourth-order valence-corrected chi connectivity index (χ4v) is 2.19. The number of carbonyl (C=O) groups excluding carboxylic acids is 1. The number of rotatable bonds is 7. The Bertz CT molecular complexity index is 708. The fourth-order valence-electron chi connectivity index (χ4n) is 2.19. The normalized spacial score (nSPS) is 10.7. The number of benzene rings is 1. The molecule has 2 aromatic rings. The van der Waals surface area contributed by atoms with E-state index in [1.807, 2.05) is 13.0 Å². The second-order valence-corrected chi connectivity index (χ2v) is 5.03. The van der Waals surface area contributed by atoms with Gasteiger partial charge in [0.15, 0.2) is 11.5 Å². The first-order chi connectivity index (χ1) is 11.6. The average molecular weight is 331 g/mol. The summed E-state index contributed by atoms with van der Waals surface area (Å²) in [6, 6.07) is 7.23. The molecule has 0 aliphatic rings. The topological polar surface area (TPSA) is 69.9 Å². The van der Waals surface area contributed by atoms with Gasteiger partial charge >= 0.3 is 0 Å². The molecule has 0 fully saturated rings. The summed E-state index contributed by atoms with van der Waals surface area (Å²) in [6.07, 6.45) is 3.05. The molecule has 1 N–H and O–H groups in total. The van der Waals surface area contributed by atoms with Gasteiger partial charge in [0.2, 0.25) is 11.7 Å². The van der Waals surface area contributed by atoms with E-state index in [4.69, 9.17) is 18.6 Å². The van der Waals surface area contributed by atoms with Gasteiger partial charge in [-0.25, -0.2) is 0 Å². The summed E-state index contributed by atoms with van der Waals surface area (Å²) in [4.78, 5) is 11.9. The fraction of sp³-hybridized carbons (Fsp3) is 0.278. The van der Waals surface area contributed by atoms with E-state index < -0.39 is 0 Å². The van der Waals surface area contributed by atoms with E-state index in [2.05, 4.69) is 5.32 Å².